The molecule has 0 fully saturated rings. The van der Waals surface area contributed by atoms with Crippen molar-refractivity contribution >= 4 is 37.7 Å². The Hall–Kier alpha value is -1.68. The zero-order valence-corrected chi connectivity index (χ0v) is 15.2. The minimum atomic E-state index is -4.12. The van der Waals surface area contributed by atoms with Crippen molar-refractivity contribution in [1.82, 2.24) is 9.44 Å². The number of ether oxygens (including phenoxy) is 1. The van der Waals surface area contributed by atoms with Crippen molar-refractivity contribution in [3.05, 3.63) is 35.2 Å². The molecule has 132 valence electrons. The second-order valence-electron chi connectivity index (χ2n) is 6.16. The maximum absolute atomic E-state index is 11.8. The van der Waals surface area contributed by atoms with E-state index in [0.717, 1.165) is 10.1 Å². The lowest BCUT2D eigenvalue weighted by Gasteiger charge is -2.20. The van der Waals surface area contributed by atoms with Crippen molar-refractivity contribution in [3.8, 4) is 0 Å². The molecule has 2 aromatic rings. The lowest BCUT2D eigenvalue weighted by molar-refractivity contribution is 0.0569. The third-order valence-corrected chi connectivity index (χ3v) is 4.92. The van der Waals surface area contributed by atoms with Gasteiger partial charge in [0.05, 0.1) is 6.10 Å². The highest BCUT2D eigenvalue weighted by atomic mass is 32.2. The first-order chi connectivity index (χ1) is 11.1. The Morgan fingerprint density at radius 1 is 1.33 bits per heavy atom. The third kappa shape index (κ3) is 5.17. The summed E-state index contributed by atoms with van der Waals surface area (Å²) in [5, 5.41) is 12.9. The van der Waals surface area contributed by atoms with Gasteiger partial charge in [-0.05, 0) is 37.6 Å². The molecule has 0 aliphatic heterocycles. The van der Waals surface area contributed by atoms with Gasteiger partial charge in [-0.3, -0.25) is 0 Å². The molecule has 0 aliphatic carbocycles. The normalized spacial score (nSPS) is 13.7. The second kappa shape index (κ2) is 7.06. The molecule has 0 saturated heterocycles. The number of rotatable bonds is 5. The topological polar surface area (TPSA) is 105 Å². The number of nitrogens with one attached hydrogen (secondary N) is 2. The summed E-state index contributed by atoms with van der Waals surface area (Å²) in [6.45, 7) is 4.60. The fourth-order valence-electron chi connectivity index (χ4n) is 2.00. The van der Waals surface area contributed by atoms with Crippen LogP contribution in [0.4, 0.5) is 4.79 Å². The van der Waals surface area contributed by atoms with Crippen LogP contribution in [0.2, 0.25) is 0 Å². The third-order valence-electron chi connectivity index (χ3n) is 2.95. The summed E-state index contributed by atoms with van der Waals surface area (Å²) in [6.07, 6.45) is -2.11. The van der Waals surface area contributed by atoms with E-state index >= 15 is 0 Å². The maximum atomic E-state index is 11.8. The molecular formula is C15H20N2O5S2. The number of amides is 1. The summed E-state index contributed by atoms with van der Waals surface area (Å²) in [6, 6.07) is 7.52. The quantitative estimate of drug-likeness (QED) is 0.747. The number of thiophene rings is 1. The maximum Gasteiger partial charge on any atom is 0.422 e. The van der Waals surface area contributed by atoms with Gasteiger partial charge in [0, 0.05) is 16.8 Å². The molecule has 0 aliphatic rings. The van der Waals surface area contributed by atoms with Crippen LogP contribution in [0, 0.1) is 0 Å². The number of fused-ring (bicyclic) bond motifs is 1. The highest BCUT2D eigenvalue weighted by Gasteiger charge is 2.22. The Morgan fingerprint density at radius 2 is 2.00 bits per heavy atom. The summed E-state index contributed by atoms with van der Waals surface area (Å²) < 4.78 is 33.4. The van der Waals surface area contributed by atoms with Crippen LogP contribution in [0.1, 0.15) is 32.4 Å². The Balaban J connectivity index is 1.97. The van der Waals surface area contributed by atoms with E-state index in [4.69, 9.17) is 4.74 Å². The number of benzene rings is 1. The first kappa shape index (κ1) is 18.7. The van der Waals surface area contributed by atoms with Gasteiger partial charge in [-0.15, -0.1) is 11.3 Å². The fraction of sp³-hybridized carbons (Fsp3) is 0.400. The van der Waals surface area contributed by atoms with Crippen LogP contribution in [0.5, 0.6) is 0 Å². The predicted octanol–water partition coefficient (Wildman–Crippen LogP) is 2.29. The van der Waals surface area contributed by atoms with Crippen molar-refractivity contribution in [1.29, 1.82) is 0 Å². The summed E-state index contributed by atoms with van der Waals surface area (Å²) in [5.41, 5.74) is -0.176. The fourth-order valence-corrected chi connectivity index (χ4v) is 3.72. The van der Waals surface area contributed by atoms with Crippen LogP contribution in [-0.2, 0) is 14.9 Å². The van der Waals surface area contributed by atoms with Crippen LogP contribution in [0.25, 0.3) is 10.1 Å². The van der Waals surface area contributed by atoms with Crippen LogP contribution in [0.3, 0.4) is 0 Å². The highest BCUT2D eigenvalue weighted by Crippen LogP contribution is 2.29. The number of hydrogen-bond acceptors (Lipinski definition) is 6. The van der Waals surface area contributed by atoms with Crippen molar-refractivity contribution in [2.45, 2.75) is 32.5 Å². The van der Waals surface area contributed by atoms with Gasteiger partial charge in [0.1, 0.15) is 5.60 Å². The number of aliphatic hydroxyl groups excluding tert-OH is 1. The number of hydrogen-bond donors (Lipinski definition) is 3. The zero-order chi connectivity index (χ0) is 18.0. The minimum Gasteiger partial charge on any atom is -0.443 e. The molecule has 3 N–H and O–H groups in total. The average Bonchev–Trinajstić information content (AvgIpc) is 2.86. The molecule has 1 unspecified atom stereocenters. The van der Waals surface area contributed by atoms with E-state index in [2.05, 4.69) is 4.72 Å². The summed E-state index contributed by atoms with van der Waals surface area (Å²) >= 11 is 1.47. The Bertz CT molecular complexity index is 824. The van der Waals surface area contributed by atoms with Gasteiger partial charge in [-0.25, -0.2) is 9.52 Å². The molecule has 2 rings (SSSR count). The standard InChI is InChI=1S/C15H20N2O5S2/c1-15(2,3)22-14(19)17-24(20,21)16-8-12(18)11-9-23-13-7-5-4-6-10(11)13/h4-7,9,12,16,18H,8H2,1-3H3,(H,17,19). The predicted molar refractivity (Wildman–Crippen MR) is 93.1 cm³/mol. The van der Waals surface area contributed by atoms with E-state index in [0.29, 0.717) is 5.56 Å². The molecule has 7 nitrogen and oxygen atoms in total. The SMILES string of the molecule is CC(C)(C)OC(=O)NS(=O)(=O)NCC(O)c1csc2ccccc12. The lowest BCUT2D eigenvalue weighted by Crippen LogP contribution is -2.43. The molecule has 9 heteroatoms. The van der Waals surface area contributed by atoms with Crippen molar-refractivity contribution in [2.24, 2.45) is 0 Å². The molecule has 0 spiro atoms. The molecule has 0 saturated carbocycles. The smallest absolute Gasteiger partial charge is 0.422 e. The highest BCUT2D eigenvalue weighted by molar-refractivity contribution is 7.88. The van der Waals surface area contributed by atoms with Gasteiger partial charge >= 0.3 is 16.3 Å². The van der Waals surface area contributed by atoms with E-state index < -0.39 is 28.0 Å². The van der Waals surface area contributed by atoms with E-state index in [-0.39, 0.29) is 6.54 Å². The number of carbonyl (C=O) groups is 1. The van der Waals surface area contributed by atoms with E-state index in [1.165, 1.54) is 11.3 Å². The summed E-state index contributed by atoms with van der Waals surface area (Å²) in [5.74, 6) is 0. The van der Waals surface area contributed by atoms with Gasteiger partial charge in [0.2, 0.25) is 0 Å². The van der Waals surface area contributed by atoms with Gasteiger partial charge in [0.25, 0.3) is 0 Å². The van der Waals surface area contributed by atoms with Crippen LogP contribution < -0.4 is 9.44 Å². The summed E-state index contributed by atoms with van der Waals surface area (Å²) in [4.78, 5) is 11.5. The molecule has 24 heavy (non-hydrogen) atoms. The first-order valence-corrected chi connectivity index (χ1v) is 9.58. The summed E-state index contributed by atoms with van der Waals surface area (Å²) in [7, 11) is -4.12. The number of carbonyl (C=O) groups excluding carboxylic acids is 1. The molecule has 0 bridgehead atoms. The second-order valence-corrected chi connectivity index (χ2v) is 8.57. The largest absolute Gasteiger partial charge is 0.443 e. The zero-order valence-electron chi connectivity index (χ0n) is 13.6. The van der Waals surface area contributed by atoms with Gasteiger partial charge in [-0.1, -0.05) is 18.2 Å². The van der Waals surface area contributed by atoms with E-state index in [1.54, 1.807) is 30.9 Å². The Morgan fingerprint density at radius 3 is 2.67 bits per heavy atom. The van der Waals surface area contributed by atoms with Gasteiger partial charge in [-0.2, -0.15) is 13.1 Å². The van der Waals surface area contributed by atoms with Crippen molar-refractivity contribution < 1.29 is 23.1 Å². The molecule has 1 atom stereocenters. The van der Waals surface area contributed by atoms with Crippen molar-refractivity contribution in [2.75, 3.05) is 6.54 Å². The van der Waals surface area contributed by atoms with Crippen molar-refractivity contribution in [3.63, 3.8) is 0 Å². The first-order valence-electron chi connectivity index (χ1n) is 7.22. The molecule has 1 amide bonds. The average molecular weight is 372 g/mol. The van der Waals surface area contributed by atoms with Gasteiger partial charge in [0.15, 0.2) is 0 Å². The monoisotopic (exact) mass is 372 g/mol. The van der Waals surface area contributed by atoms with Gasteiger partial charge < -0.3 is 9.84 Å². The molecule has 1 heterocycles. The molecular weight excluding hydrogens is 352 g/mol. The Kier molecular flexibility index (Phi) is 5.49. The molecule has 1 aromatic heterocycles. The van der Waals surface area contributed by atoms with Crippen LogP contribution >= 0.6 is 11.3 Å². The minimum absolute atomic E-state index is 0.265. The van der Waals surface area contributed by atoms with E-state index in [1.807, 2.05) is 24.3 Å². The lowest BCUT2D eigenvalue weighted by atomic mass is 10.1. The Labute approximate surface area is 144 Å². The molecule has 0 radical (unpaired) electrons. The van der Waals surface area contributed by atoms with E-state index in [9.17, 15) is 18.3 Å². The molecule has 1 aromatic carbocycles. The number of aliphatic hydroxyl groups is 1. The van der Waals surface area contributed by atoms with Crippen LogP contribution in [0.15, 0.2) is 29.6 Å². The van der Waals surface area contributed by atoms with Crippen LogP contribution in [-0.4, -0.2) is 31.8 Å².